The van der Waals surface area contributed by atoms with E-state index in [-0.39, 0.29) is 24.9 Å². The van der Waals surface area contributed by atoms with Gasteiger partial charge in [0.1, 0.15) is 0 Å². The van der Waals surface area contributed by atoms with E-state index in [1.54, 1.807) is 25.2 Å². The molecule has 0 radical (unpaired) electrons. The molecule has 0 unspecified atom stereocenters. The van der Waals surface area contributed by atoms with E-state index in [1.165, 1.54) is 0 Å². The normalized spacial score (nSPS) is 9.95. The molecule has 0 aliphatic heterocycles. The van der Waals surface area contributed by atoms with Gasteiger partial charge in [-0.15, -0.1) is 0 Å². The van der Waals surface area contributed by atoms with Gasteiger partial charge in [0.2, 0.25) is 11.8 Å². The second kappa shape index (κ2) is 9.62. The molecule has 0 saturated heterocycles. The molecule has 1 aromatic carbocycles. The first-order valence-electron chi connectivity index (χ1n) is 7.21. The summed E-state index contributed by atoms with van der Waals surface area (Å²) >= 11 is 0. The van der Waals surface area contributed by atoms with E-state index >= 15 is 0 Å². The van der Waals surface area contributed by atoms with Crippen LogP contribution in [-0.2, 0) is 9.59 Å². The molecule has 0 heterocycles. The molecule has 0 aliphatic rings. The van der Waals surface area contributed by atoms with Crippen molar-refractivity contribution >= 4 is 17.5 Å². The van der Waals surface area contributed by atoms with Crippen molar-refractivity contribution in [3.8, 4) is 11.5 Å². The number of likely N-dealkylation sites (N-methyl/N-ethyl adjacent to an activating group) is 1. The Labute approximate surface area is 130 Å². The zero-order valence-electron chi connectivity index (χ0n) is 13.2. The summed E-state index contributed by atoms with van der Waals surface area (Å²) in [6.45, 7) is 4.95. The highest BCUT2D eigenvalue weighted by molar-refractivity contribution is 5.93. The Kier molecular flexibility index (Phi) is 7.77. The van der Waals surface area contributed by atoms with Crippen LogP contribution in [0.5, 0.6) is 11.5 Å². The molecule has 7 heteroatoms. The molecule has 7 nitrogen and oxygen atoms in total. The van der Waals surface area contributed by atoms with Gasteiger partial charge in [-0.25, -0.2) is 0 Å². The van der Waals surface area contributed by atoms with Crippen molar-refractivity contribution in [2.24, 2.45) is 0 Å². The summed E-state index contributed by atoms with van der Waals surface area (Å²) in [7, 11) is 1.54. The molecular formula is C15H23N3O4. The van der Waals surface area contributed by atoms with Crippen LogP contribution in [0.3, 0.4) is 0 Å². The van der Waals surface area contributed by atoms with Crippen LogP contribution in [0.15, 0.2) is 18.2 Å². The first kappa shape index (κ1) is 17.8. The molecule has 3 N–H and O–H groups in total. The van der Waals surface area contributed by atoms with Crippen LogP contribution in [0.4, 0.5) is 5.69 Å². The van der Waals surface area contributed by atoms with E-state index in [0.717, 1.165) is 0 Å². The molecule has 2 amide bonds. The minimum Gasteiger partial charge on any atom is -0.490 e. The van der Waals surface area contributed by atoms with Crippen molar-refractivity contribution in [2.45, 2.75) is 13.8 Å². The van der Waals surface area contributed by atoms with Crippen molar-refractivity contribution in [3.63, 3.8) is 0 Å². The minimum atomic E-state index is -0.240. The third kappa shape index (κ3) is 6.01. The van der Waals surface area contributed by atoms with E-state index in [4.69, 9.17) is 9.47 Å². The van der Waals surface area contributed by atoms with Gasteiger partial charge in [-0.2, -0.15) is 0 Å². The monoisotopic (exact) mass is 309 g/mol. The highest BCUT2D eigenvalue weighted by Gasteiger charge is 2.08. The van der Waals surface area contributed by atoms with Crippen molar-refractivity contribution in [2.75, 3.05) is 38.7 Å². The molecule has 22 heavy (non-hydrogen) atoms. The fourth-order valence-corrected chi connectivity index (χ4v) is 1.71. The van der Waals surface area contributed by atoms with Crippen LogP contribution in [0, 0.1) is 0 Å². The summed E-state index contributed by atoms with van der Waals surface area (Å²) in [6.07, 6.45) is 0. The Balaban J connectivity index is 2.59. The average molecular weight is 309 g/mol. The topological polar surface area (TPSA) is 88.7 Å². The maximum atomic E-state index is 11.8. The maximum absolute atomic E-state index is 11.8. The number of carbonyl (C=O) groups is 2. The summed E-state index contributed by atoms with van der Waals surface area (Å²) in [6, 6.07) is 5.21. The molecule has 1 aromatic rings. The number of benzene rings is 1. The number of rotatable bonds is 9. The molecule has 1 rings (SSSR count). The van der Waals surface area contributed by atoms with Crippen LogP contribution in [0.25, 0.3) is 0 Å². The summed E-state index contributed by atoms with van der Waals surface area (Å²) in [4.78, 5) is 22.8. The Morgan fingerprint density at radius 1 is 1.00 bits per heavy atom. The molecule has 0 aliphatic carbocycles. The Morgan fingerprint density at radius 3 is 2.27 bits per heavy atom. The molecule has 0 atom stereocenters. The number of nitrogens with one attached hydrogen (secondary N) is 3. The lowest BCUT2D eigenvalue weighted by molar-refractivity contribution is -0.119. The van der Waals surface area contributed by atoms with Crippen LogP contribution in [-0.4, -0.2) is 45.2 Å². The molecule has 0 fully saturated rings. The number of amides is 2. The third-order valence-corrected chi connectivity index (χ3v) is 2.68. The van der Waals surface area contributed by atoms with E-state index in [9.17, 15) is 9.59 Å². The number of anilines is 1. The average Bonchev–Trinajstić information content (AvgIpc) is 2.50. The molecule has 0 saturated carbocycles. The molecule has 0 aromatic heterocycles. The van der Waals surface area contributed by atoms with Gasteiger partial charge in [0.05, 0.1) is 26.3 Å². The maximum Gasteiger partial charge on any atom is 0.238 e. The van der Waals surface area contributed by atoms with Crippen LogP contribution in [0.2, 0.25) is 0 Å². The standard InChI is InChI=1S/C15H23N3O4/c1-4-21-12-7-6-11(8-13(12)22-5-2)18-15(20)10-17-9-14(19)16-3/h6-8,17H,4-5,9-10H2,1-3H3,(H,16,19)(H,18,20). The van der Waals surface area contributed by atoms with Gasteiger partial charge in [0, 0.05) is 18.8 Å². The highest BCUT2D eigenvalue weighted by atomic mass is 16.5. The zero-order chi connectivity index (χ0) is 16.4. The predicted octanol–water partition coefficient (Wildman–Crippen LogP) is 0.758. The summed E-state index contributed by atoms with van der Waals surface area (Å²) < 4.78 is 11.0. The van der Waals surface area contributed by atoms with Gasteiger partial charge in [-0.1, -0.05) is 0 Å². The zero-order valence-corrected chi connectivity index (χ0v) is 13.2. The second-order valence-corrected chi connectivity index (χ2v) is 4.35. The van der Waals surface area contributed by atoms with Gasteiger partial charge in [0.25, 0.3) is 0 Å². The van der Waals surface area contributed by atoms with Gasteiger partial charge in [-0.3, -0.25) is 14.9 Å². The molecule has 122 valence electrons. The van der Waals surface area contributed by atoms with Gasteiger partial charge in [0.15, 0.2) is 11.5 Å². The third-order valence-electron chi connectivity index (χ3n) is 2.68. The van der Waals surface area contributed by atoms with Crippen molar-refractivity contribution < 1.29 is 19.1 Å². The van der Waals surface area contributed by atoms with Crippen molar-refractivity contribution in [1.29, 1.82) is 0 Å². The van der Waals surface area contributed by atoms with E-state index < -0.39 is 0 Å². The lowest BCUT2D eigenvalue weighted by atomic mass is 10.2. The van der Waals surface area contributed by atoms with E-state index in [0.29, 0.717) is 30.4 Å². The summed E-state index contributed by atoms with van der Waals surface area (Å²) in [5, 5.41) is 7.95. The number of ether oxygens (including phenoxy) is 2. The van der Waals surface area contributed by atoms with Gasteiger partial charge >= 0.3 is 0 Å². The fourth-order valence-electron chi connectivity index (χ4n) is 1.71. The van der Waals surface area contributed by atoms with Gasteiger partial charge < -0.3 is 20.1 Å². The van der Waals surface area contributed by atoms with Crippen molar-refractivity contribution in [1.82, 2.24) is 10.6 Å². The predicted molar refractivity (Wildman–Crippen MR) is 84.3 cm³/mol. The smallest absolute Gasteiger partial charge is 0.238 e. The Morgan fingerprint density at radius 2 is 1.64 bits per heavy atom. The summed E-state index contributed by atoms with van der Waals surface area (Å²) in [5.74, 6) is 0.809. The molecular weight excluding hydrogens is 286 g/mol. The number of hydrogen-bond donors (Lipinski definition) is 3. The second-order valence-electron chi connectivity index (χ2n) is 4.35. The Bertz CT molecular complexity index is 506. The van der Waals surface area contributed by atoms with Gasteiger partial charge in [-0.05, 0) is 26.0 Å². The van der Waals surface area contributed by atoms with Crippen LogP contribution >= 0.6 is 0 Å². The highest BCUT2D eigenvalue weighted by Crippen LogP contribution is 2.30. The number of carbonyl (C=O) groups excluding carboxylic acids is 2. The van der Waals surface area contributed by atoms with E-state index in [2.05, 4.69) is 16.0 Å². The summed E-state index contributed by atoms with van der Waals surface area (Å²) in [5.41, 5.74) is 0.610. The SMILES string of the molecule is CCOc1ccc(NC(=O)CNCC(=O)NC)cc1OCC. The first-order valence-corrected chi connectivity index (χ1v) is 7.21. The largest absolute Gasteiger partial charge is 0.490 e. The lowest BCUT2D eigenvalue weighted by Crippen LogP contribution is -2.36. The molecule has 0 bridgehead atoms. The lowest BCUT2D eigenvalue weighted by Gasteiger charge is -2.13. The minimum absolute atomic E-state index is 0.0462. The number of hydrogen-bond acceptors (Lipinski definition) is 5. The van der Waals surface area contributed by atoms with Crippen LogP contribution in [0.1, 0.15) is 13.8 Å². The first-order chi connectivity index (χ1) is 10.6. The van der Waals surface area contributed by atoms with Crippen molar-refractivity contribution in [3.05, 3.63) is 18.2 Å². The quantitative estimate of drug-likeness (QED) is 0.627. The fraction of sp³-hybridized carbons (Fsp3) is 0.467. The Hall–Kier alpha value is -2.28. The van der Waals surface area contributed by atoms with E-state index in [1.807, 2.05) is 13.8 Å². The molecule has 0 spiro atoms. The van der Waals surface area contributed by atoms with Crippen LogP contribution < -0.4 is 25.4 Å².